The van der Waals surface area contributed by atoms with Gasteiger partial charge in [0.25, 0.3) is 0 Å². The van der Waals surface area contributed by atoms with E-state index in [0.29, 0.717) is 24.7 Å². The molecule has 0 saturated carbocycles. The van der Waals surface area contributed by atoms with Crippen LogP contribution in [0.2, 0.25) is 0 Å². The summed E-state index contributed by atoms with van der Waals surface area (Å²) in [4.78, 5) is 39.5. The quantitative estimate of drug-likeness (QED) is 0.672. The number of benzene rings is 2. The van der Waals surface area contributed by atoms with Gasteiger partial charge < -0.3 is 10.2 Å². The van der Waals surface area contributed by atoms with E-state index < -0.39 is 17.0 Å². The summed E-state index contributed by atoms with van der Waals surface area (Å²) in [5.74, 6) is -0.0504. The number of hydrogen-bond acceptors (Lipinski definition) is 5. The topological polar surface area (TPSA) is 89.2 Å². The fraction of sp³-hybridized carbons (Fsp3) is 0.273. The number of anilines is 3. The van der Waals surface area contributed by atoms with Gasteiger partial charge in [0, 0.05) is 24.5 Å². The van der Waals surface area contributed by atoms with Crippen LogP contribution in [0.5, 0.6) is 0 Å². The molecule has 1 amide bonds. The van der Waals surface area contributed by atoms with E-state index in [4.69, 9.17) is 0 Å². The van der Waals surface area contributed by atoms with Gasteiger partial charge in [-0.05, 0) is 50.1 Å². The van der Waals surface area contributed by atoms with Crippen molar-refractivity contribution in [1.29, 1.82) is 0 Å². The molecule has 1 aliphatic rings. The van der Waals surface area contributed by atoms with Gasteiger partial charge in [-0.15, -0.1) is 5.10 Å². The molecule has 1 N–H and O–H groups in total. The Hall–Kier alpha value is -3.68. The average Bonchev–Trinajstić information content (AvgIpc) is 3.14. The predicted octanol–water partition coefficient (Wildman–Crippen LogP) is 2.12. The predicted molar refractivity (Wildman–Crippen MR) is 115 cm³/mol. The number of carbonyl (C=O) groups is 1. The Morgan fingerprint density at radius 1 is 1.00 bits per heavy atom. The van der Waals surface area contributed by atoms with E-state index in [0.717, 1.165) is 27.1 Å². The summed E-state index contributed by atoms with van der Waals surface area (Å²) < 4.78 is 2.31. The van der Waals surface area contributed by atoms with Crippen LogP contribution >= 0.6 is 0 Å². The highest BCUT2D eigenvalue weighted by molar-refractivity contribution is 5.91. The number of nitrogens with one attached hydrogen (secondary N) is 1. The van der Waals surface area contributed by atoms with Crippen molar-refractivity contribution in [1.82, 2.24) is 14.3 Å². The normalized spacial score (nSPS) is 12.7. The number of rotatable bonds is 4. The second-order valence-electron chi connectivity index (χ2n) is 7.50. The van der Waals surface area contributed by atoms with Gasteiger partial charge in [-0.2, -0.15) is 0 Å². The molecule has 0 aliphatic carbocycles. The molecular formula is C22H23N5O3. The molecule has 0 spiro atoms. The summed E-state index contributed by atoms with van der Waals surface area (Å²) in [5.41, 5.74) is 3.19. The maximum Gasteiger partial charge on any atom is 0.333 e. The monoisotopic (exact) mass is 405 g/mol. The van der Waals surface area contributed by atoms with Crippen molar-refractivity contribution in [3.8, 4) is 0 Å². The van der Waals surface area contributed by atoms with Crippen LogP contribution in [0.3, 0.4) is 0 Å². The van der Waals surface area contributed by atoms with Gasteiger partial charge in [0.15, 0.2) is 0 Å². The SMILES string of the molecule is Cc1ccc(N2CCn3c2nn(CC(=O)Nc2cccc(C)c2C)c(=O)c3=O)cc1. The summed E-state index contributed by atoms with van der Waals surface area (Å²) in [6.07, 6.45) is 0. The van der Waals surface area contributed by atoms with E-state index >= 15 is 0 Å². The van der Waals surface area contributed by atoms with Gasteiger partial charge in [0.05, 0.1) is 0 Å². The number of carbonyl (C=O) groups excluding carboxylic acids is 1. The number of aryl methyl sites for hydroxylation is 2. The summed E-state index contributed by atoms with van der Waals surface area (Å²) in [5, 5.41) is 7.15. The van der Waals surface area contributed by atoms with Gasteiger partial charge in [-0.1, -0.05) is 29.8 Å². The van der Waals surface area contributed by atoms with E-state index in [1.54, 1.807) is 6.07 Å². The number of aromatic nitrogens is 3. The maximum atomic E-state index is 12.6. The standard InChI is InChI=1S/C22H23N5O3/c1-14-7-9-17(10-8-14)25-11-12-26-20(29)21(30)27(24-22(25)26)13-19(28)23-18-6-4-5-15(2)16(18)3/h4-10H,11-13H2,1-3H3,(H,23,28). The first-order chi connectivity index (χ1) is 14.3. The van der Waals surface area contributed by atoms with Gasteiger partial charge in [-0.3, -0.25) is 19.0 Å². The first-order valence-corrected chi connectivity index (χ1v) is 9.77. The molecule has 1 aromatic heterocycles. The van der Waals surface area contributed by atoms with E-state index in [9.17, 15) is 14.4 Å². The summed E-state index contributed by atoms with van der Waals surface area (Å²) in [7, 11) is 0. The lowest BCUT2D eigenvalue weighted by atomic mass is 10.1. The van der Waals surface area contributed by atoms with Crippen molar-refractivity contribution in [3.05, 3.63) is 79.9 Å². The van der Waals surface area contributed by atoms with E-state index in [-0.39, 0.29) is 6.54 Å². The van der Waals surface area contributed by atoms with Crippen molar-refractivity contribution >= 4 is 23.2 Å². The molecular weight excluding hydrogens is 382 g/mol. The van der Waals surface area contributed by atoms with Gasteiger partial charge >= 0.3 is 11.1 Å². The zero-order valence-electron chi connectivity index (χ0n) is 17.2. The molecule has 2 aromatic carbocycles. The van der Waals surface area contributed by atoms with Crippen LogP contribution in [0.1, 0.15) is 16.7 Å². The number of fused-ring (bicyclic) bond motifs is 1. The molecule has 0 radical (unpaired) electrons. The molecule has 0 atom stereocenters. The van der Waals surface area contributed by atoms with Gasteiger partial charge in [0.2, 0.25) is 11.9 Å². The Morgan fingerprint density at radius 2 is 1.73 bits per heavy atom. The van der Waals surface area contributed by atoms with Crippen LogP contribution in [0.25, 0.3) is 0 Å². The molecule has 0 fully saturated rings. The van der Waals surface area contributed by atoms with Crippen LogP contribution in [-0.2, 0) is 17.9 Å². The lowest BCUT2D eigenvalue weighted by Gasteiger charge is -2.18. The zero-order chi connectivity index (χ0) is 21.4. The van der Waals surface area contributed by atoms with Crippen molar-refractivity contribution in [2.75, 3.05) is 16.8 Å². The number of hydrogen-bond donors (Lipinski definition) is 1. The van der Waals surface area contributed by atoms with Crippen molar-refractivity contribution in [3.63, 3.8) is 0 Å². The molecule has 30 heavy (non-hydrogen) atoms. The fourth-order valence-corrected chi connectivity index (χ4v) is 3.51. The Balaban J connectivity index is 1.64. The zero-order valence-corrected chi connectivity index (χ0v) is 17.2. The molecule has 8 nitrogen and oxygen atoms in total. The molecule has 0 saturated heterocycles. The maximum absolute atomic E-state index is 12.6. The minimum absolute atomic E-state index is 0.336. The number of nitrogens with zero attached hydrogens (tertiary/aromatic N) is 4. The fourth-order valence-electron chi connectivity index (χ4n) is 3.51. The third kappa shape index (κ3) is 3.52. The lowest BCUT2D eigenvalue weighted by Crippen LogP contribution is -2.44. The minimum atomic E-state index is -0.805. The first-order valence-electron chi connectivity index (χ1n) is 9.77. The second-order valence-corrected chi connectivity index (χ2v) is 7.50. The van der Waals surface area contributed by atoms with Crippen molar-refractivity contribution in [2.45, 2.75) is 33.9 Å². The average molecular weight is 405 g/mol. The molecule has 154 valence electrons. The largest absolute Gasteiger partial charge is 0.333 e. The van der Waals surface area contributed by atoms with Crippen molar-refractivity contribution < 1.29 is 4.79 Å². The summed E-state index contributed by atoms with van der Waals surface area (Å²) in [6, 6.07) is 13.4. The third-order valence-electron chi connectivity index (χ3n) is 5.42. The van der Waals surface area contributed by atoms with Crippen LogP contribution in [0.4, 0.5) is 17.3 Å². The Morgan fingerprint density at radius 3 is 2.47 bits per heavy atom. The Bertz CT molecular complexity index is 1240. The van der Waals surface area contributed by atoms with E-state index in [1.807, 2.05) is 62.1 Å². The minimum Gasteiger partial charge on any atom is -0.324 e. The smallest absolute Gasteiger partial charge is 0.324 e. The highest BCUT2D eigenvalue weighted by Crippen LogP contribution is 2.26. The molecule has 4 rings (SSSR count). The number of amides is 1. The van der Waals surface area contributed by atoms with E-state index in [2.05, 4.69) is 10.4 Å². The van der Waals surface area contributed by atoms with Crippen LogP contribution < -0.4 is 21.3 Å². The van der Waals surface area contributed by atoms with E-state index in [1.165, 1.54) is 4.57 Å². The van der Waals surface area contributed by atoms with Gasteiger partial charge in [0.1, 0.15) is 6.54 Å². The highest BCUT2D eigenvalue weighted by atomic mass is 16.2. The molecule has 8 heteroatoms. The Kier molecular flexibility index (Phi) is 4.99. The van der Waals surface area contributed by atoms with Crippen LogP contribution in [0, 0.1) is 20.8 Å². The molecule has 2 heterocycles. The summed E-state index contributed by atoms with van der Waals surface area (Å²) in [6.45, 7) is 6.44. The second kappa shape index (κ2) is 7.62. The molecule has 0 bridgehead atoms. The molecule has 1 aliphatic heterocycles. The van der Waals surface area contributed by atoms with Crippen LogP contribution in [0.15, 0.2) is 52.1 Å². The summed E-state index contributed by atoms with van der Waals surface area (Å²) >= 11 is 0. The van der Waals surface area contributed by atoms with Crippen molar-refractivity contribution in [2.24, 2.45) is 0 Å². The Labute approximate surface area is 173 Å². The third-order valence-corrected chi connectivity index (χ3v) is 5.42. The van der Waals surface area contributed by atoms with Crippen LogP contribution in [-0.4, -0.2) is 26.8 Å². The first kappa shape index (κ1) is 19.6. The molecule has 3 aromatic rings. The van der Waals surface area contributed by atoms with Gasteiger partial charge in [-0.25, -0.2) is 4.68 Å². The lowest BCUT2D eigenvalue weighted by molar-refractivity contribution is -0.117. The highest BCUT2D eigenvalue weighted by Gasteiger charge is 2.26. The molecule has 0 unspecified atom stereocenters.